The summed E-state index contributed by atoms with van der Waals surface area (Å²) in [6.07, 6.45) is 0.890. The van der Waals surface area contributed by atoms with E-state index < -0.39 is 10.2 Å². The standard InChI is InChI=1S/C6H14N2O2S2/c1-6-2-4-11-5-3-8(6)12(7,9)10/h6H,2-5H2,1H3,(H2,7,9,10). The molecule has 2 N–H and O–H groups in total. The van der Waals surface area contributed by atoms with Crippen molar-refractivity contribution in [3.8, 4) is 0 Å². The van der Waals surface area contributed by atoms with E-state index in [0.29, 0.717) is 6.54 Å². The average Bonchev–Trinajstić information content (AvgIpc) is 2.11. The lowest BCUT2D eigenvalue weighted by molar-refractivity contribution is 0.351. The van der Waals surface area contributed by atoms with Crippen LogP contribution in [0.4, 0.5) is 0 Å². The zero-order valence-corrected chi connectivity index (χ0v) is 8.70. The SMILES string of the molecule is CC1CCSCCN1S(N)(=O)=O. The van der Waals surface area contributed by atoms with E-state index >= 15 is 0 Å². The number of nitrogens with zero attached hydrogens (tertiary/aromatic N) is 1. The zero-order valence-electron chi connectivity index (χ0n) is 7.06. The van der Waals surface area contributed by atoms with Gasteiger partial charge in [0.25, 0.3) is 10.2 Å². The van der Waals surface area contributed by atoms with Crippen LogP contribution in [-0.2, 0) is 10.2 Å². The van der Waals surface area contributed by atoms with Crippen LogP contribution in [0.25, 0.3) is 0 Å². The molecule has 1 fully saturated rings. The van der Waals surface area contributed by atoms with Gasteiger partial charge in [0.1, 0.15) is 0 Å². The van der Waals surface area contributed by atoms with E-state index in [2.05, 4.69) is 0 Å². The topological polar surface area (TPSA) is 63.4 Å². The molecule has 1 aliphatic rings. The largest absolute Gasteiger partial charge is 0.277 e. The second-order valence-corrected chi connectivity index (χ2v) is 5.63. The predicted molar refractivity (Wildman–Crippen MR) is 51.2 cm³/mol. The van der Waals surface area contributed by atoms with Crippen LogP contribution in [0.3, 0.4) is 0 Å². The van der Waals surface area contributed by atoms with Crippen LogP contribution in [0.15, 0.2) is 0 Å². The Morgan fingerprint density at radius 1 is 1.50 bits per heavy atom. The fourth-order valence-electron chi connectivity index (χ4n) is 1.25. The quantitative estimate of drug-likeness (QED) is 0.663. The van der Waals surface area contributed by atoms with Crippen molar-refractivity contribution in [3.63, 3.8) is 0 Å². The van der Waals surface area contributed by atoms with Gasteiger partial charge in [-0.05, 0) is 19.1 Å². The second kappa shape index (κ2) is 3.95. The minimum absolute atomic E-state index is 0.0509. The molecule has 0 radical (unpaired) electrons. The van der Waals surface area contributed by atoms with Crippen molar-refractivity contribution >= 4 is 22.0 Å². The Kier molecular flexibility index (Phi) is 3.39. The van der Waals surface area contributed by atoms with E-state index in [0.717, 1.165) is 17.9 Å². The molecule has 12 heavy (non-hydrogen) atoms. The summed E-state index contributed by atoms with van der Waals surface area (Å²) in [5.74, 6) is 1.87. The lowest BCUT2D eigenvalue weighted by Gasteiger charge is -2.22. The van der Waals surface area contributed by atoms with Gasteiger partial charge in [-0.15, -0.1) is 0 Å². The summed E-state index contributed by atoms with van der Waals surface area (Å²) in [5, 5.41) is 5.06. The van der Waals surface area contributed by atoms with E-state index in [1.807, 2.05) is 6.92 Å². The van der Waals surface area contributed by atoms with E-state index in [-0.39, 0.29) is 6.04 Å². The molecule has 1 saturated heterocycles. The van der Waals surface area contributed by atoms with Crippen LogP contribution in [0, 0.1) is 0 Å². The van der Waals surface area contributed by atoms with Gasteiger partial charge in [-0.2, -0.15) is 24.5 Å². The van der Waals surface area contributed by atoms with E-state index in [1.54, 1.807) is 11.8 Å². The third-order valence-electron chi connectivity index (χ3n) is 1.95. The minimum atomic E-state index is -3.48. The van der Waals surface area contributed by atoms with Crippen LogP contribution in [0.1, 0.15) is 13.3 Å². The summed E-state index contributed by atoms with van der Waals surface area (Å²) >= 11 is 1.78. The fourth-order valence-corrected chi connectivity index (χ4v) is 3.36. The van der Waals surface area contributed by atoms with E-state index in [4.69, 9.17) is 5.14 Å². The Balaban J connectivity index is 2.72. The van der Waals surface area contributed by atoms with Crippen molar-refractivity contribution in [1.29, 1.82) is 0 Å². The van der Waals surface area contributed by atoms with Crippen molar-refractivity contribution in [1.82, 2.24) is 4.31 Å². The number of rotatable bonds is 1. The van der Waals surface area contributed by atoms with Gasteiger partial charge in [0.15, 0.2) is 0 Å². The first-order valence-corrected chi connectivity index (χ1v) is 6.55. The van der Waals surface area contributed by atoms with Gasteiger partial charge in [-0.1, -0.05) is 0 Å². The van der Waals surface area contributed by atoms with Crippen molar-refractivity contribution in [2.24, 2.45) is 5.14 Å². The monoisotopic (exact) mass is 210 g/mol. The molecule has 1 atom stereocenters. The molecule has 0 aromatic carbocycles. The maximum absolute atomic E-state index is 11.0. The van der Waals surface area contributed by atoms with E-state index in [1.165, 1.54) is 4.31 Å². The van der Waals surface area contributed by atoms with E-state index in [9.17, 15) is 8.42 Å². The molecule has 0 aromatic rings. The summed E-state index contributed by atoms with van der Waals surface area (Å²) in [4.78, 5) is 0. The van der Waals surface area contributed by atoms with Gasteiger partial charge < -0.3 is 0 Å². The summed E-state index contributed by atoms with van der Waals surface area (Å²) in [6.45, 7) is 2.45. The number of hydrogen-bond acceptors (Lipinski definition) is 3. The Labute approximate surface area is 77.7 Å². The molecular formula is C6H14N2O2S2. The normalized spacial score (nSPS) is 28.3. The molecule has 1 rings (SSSR count). The van der Waals surface area contributed by atoms with Crippen LogP contribution < -0.4 is 5.14 Å². The molecule has 1 aliphatic heterocycles. The Bertz CT molecular complexity index is 240. The van der Waals surface area contributed by atoms with Crippen molar-refractivity contribution in [2.45, 2.75) is 19.4 Å². The highest BCUT2D eigenvalue weighted by molar-refractivity contribution is 7.99. The number of thioether (sulfide) groups is 1. The van der Waals surface area contributed by atoms with Gasteiger partial charge in [-0.25, -0.2) is 5.14 Å². The predicted octanol–water partition coefficient (Wildman–Crippen LogP) is 0.0173. The van der Waals surface area contributed by atoms with Crippen molar-refractivity contribution in [2.75, 3.05) is 18.1 Å². The molecular weight excluding hydrogens is 196 g/mol. The maximum Gasteiger partial charge on any atom is 0.277 e. The lowest BCUT2D eigenvalue weighted by Crippen LogP contribution is -2.43. The highest BCUT2D eigenvalue weighted by atomic mass is 32.2. The van der Waals surface area contributed by atoms with Crippen LogP contribution >= 0.6 is 11.8 Å². The molecule has 0 aromatic heterocycles. The van der Waals surface area contributed by atoms with Crippen LogP contribution in [-0.4, -0.2) is 36.8 Å². The van der Waals surface area contributed by atoms with Gasteiger partial charge in [-0.3, -0.25) is 0 Å². The average molecular weight is 210 g/mol. The van der Waals surface area contributed by atoms with Gasteiger partial charge >= 0.3 is 0 Å². The summed E-state index contributed by atoms with van der Waals surface area (Å²) in [5.41, 5.74) is 0. The second-order valence-electron chi connectivity index (χ2n) is 2.91. The molecule has 0 bridgehead atoms. The molecule has 72 valence electrons. The molecule has 0 aliphatic carbocycles. The van der Waals surface area contributed by atoms with Gasteiger partial charge in [0, 0.05) is 18.3 Å². The highest BCUT2D eigenvalue weighted by Gasteiger charge is 2.24. The van der Waals surface area contributed by atoms with Gasteiger partial charge in [0.05, 0.1) is 0 Å². The molecule has 0 saturated carbocycles. The third-order valence-corrected chi connectivity index (χ3v) is 4.15. The highest BCUT2D eigenvalue weighted by Crippen LogP contribution is 2.17. The number of nitrogens with two attached hydrogens (primary N) is 1. The first-order chi connectivity index (χ1) is 5.52. The number of hydrogen-bond donors (Lipinski definition) is 1. The third kappa shape index (κ3) is 2.62. The van der Waals surface area contributed by atoms with Gasteiger partial charge in [0.2, 0.25) is 0 Å². The summed E-state index contributed by atoms with van der Waals surface area (Å²) in [6, 6.07) is 0.0509. The Morgan fingerprint density at radius 3 is 2.75 bits per heavy atom. The summed E-state index contributed by atoms with van der Waals surface area (Å²) < 4.78 is 23.5. The molecule has 1 heterocycles. The molecule has 4 nitrogen and oxygen atoms in total. The molecule has 6 heteroatoms. The first-order valence-electron chi connectivity index (χ1n) is 3.89. The first kappa shape index (κ1) is 10.3. The molecule has 0 amide bonds. The Morgan fingerprint density at radius 2 is 2.17 bits per heavy atom. The summed E-state index contributed by atoms with van der Waals surface area (Å²) in [7, 11) is -3.48. The van der Waals surface area contributed by atoms with Crippen molar-refractivity contribution < 1.29 is 8.42 Å². The smallest absolute Gasteiger partial charge is 0.216 e. The minimum Gasteiger partial charge on any atom is -0.216 e. The maximum atomic E-state index is 11.0. The molecule has 1 unspecified atom stereocenters. The fraction of sp³-hybridized carbons (Fsp3) is 1.00. The Hall–Kier alpha value is 0.220. The van der Waals surface area contributed by atoms with Crippen molar-refractivity contribution in [3.05, 3.63) is 0 Å². The van der Waals surface area contributed by atoms with Crippen LogP contribution in [0.5, 0.6) is 0 Å². The zero-order chi connectivity index (χ0) is 9.19. The molecule has 0 spiro atoms. The lowest BCUT2D eigenvalue weighted by atomic mass is 10.3. The van der Waals surface area contributed by atoms with Crippen LogP contribution in [0.2, 0.25) is 0 Å².